The van der Waals surface area contributed by atoms with Gasteiger partial charge >= 0.3 is 0 Å². The number of ketones is 1. The van der Waals surface area contributed by atoms with Crippen LogP contribution in [0, 0.1) is 5.92 Å². The lowest BCUT2D eigenvalue weighted by molar-refractivity contribution is -0.128. The first-order valence-corrected chi connectivity index (χ1v) is 3.42. The normalized spacial score (nSPS) is 33.6. The van der Waals surface area contributed by atoms with E-state index in [1.807, 2.05) is 0 Å². The summed E-state index contributed by atoms with van der Waals surface area (Å²) in [5, 5.41) is 0. The Morgan fingerprint density at radius 1 is 1.67 bits per heavy atom. The molecule has 52 valence electrons. The van der Waals surface area contributed by atoms with Gasteiger partial charge in [-0.1, -0.05) is 6.92 Å². The lowest BCUT2D eigenvalue weighted by Crippen LogP contribution is -2.33. The number of alkyl halides is 1. The molecule has 0 spiro atoms. The predicted octanol–water partition coefficient (Wildman–Crippen LogP) is 1.71. The molecule has 0 N–H and O–H groups in total. The van der Waals surface area contributed by atoms with Crippen molar-refractivity contribution in [1.29, 1.82) is 0 Å². The van der Waals surface area contributed by atoms with Crippen LogP contribution in [-0.2, 0) is 4.79 Å². The van der Waals surface area contributed by atoms with Crippen molar-refractivity contribution in [3.63, 3.8) is 0 Å². The molecule has 1 aliphatic rings. The van der Waals surface area contributed by atoms with Gasteiger partial charge in [-0.25, -0.2) is 4.39 Å². The van der Waals surface area contributed by atoms with Crippen LogP contribution in [-0.4, -0.2) is 12.0 Å². The molecule has 2 atom stereocenters. The van der Waals surface area contributed by atoms with Crippen LogP contribution >= 0.6 is 0 Å². The molecule has 1 rings (SSSR count). The number of carbonyl (C=O) groups is 1. The molecule has 0 amide bonds. The summed E-state index contributed by atoms with van der Waals surface area (Å²) in [6, 6.07) is 0. The average molecular weight is 130 g/mol. The monoisotopic (exact) mass is 130 g/mol. The topological polar surface area (TPSA) is 17.1 Å². The van der Waals surface area contributed by atoms with Gasteiger partial charge in [0.25, 0.3) is 0 Å². The van der Waals surface area contributed by atoms with Crippen molar-refractivity contribution in [2.24, 2.45) is 5.92 Å². The van der Waals surface area contributed by atoms with E-state index in [-0.39, 0.29) is 11.7 Å². The van der Waals surface area contributed by atoms with Gasteiger partial charge in [0.1, 0.15) is 12.0 Å². The largest absolute Gasteiger partial charge is 0.299 e. The molecule has 9 heavy (non-hydrogen) atoms. The number of hydrogen-bond donors (Lipinski definition) is 0. The van der Waals surface area contributed by atoms with Gasteiger partial charge in [-0.15, -0.1) is 0 Å². The summed E-state index contributed by atoms with van der Waals surface area (Å²) >= 11 is 0. The molecule has 0 aromatic carbocycles. The highest BCUT2D eigenvalue weighted by atomic mass is 19.1. The van der Waals surface area contributed by atoms with Gasteiger partial charge in [0.2, 0.25) is 0 Å². The second kappa shape index (κ2) is 2.46. The van der Waals surface area contributed by atoms with Gasteiger partial charge in [0.05, 0.1) is 0 Å². The SMILES string of the molecule is CCC(=O)C1CCC1F. The van der Waals surface area contributed by atoms with E-state index in [0.717, 1.165) is 6.42 Å². The molecule has 2 heteroatoms. The first-order chi connectivity index (χ1) is 4.25. The molecule has 0 aromatic rings. The van der Waals surface area contributed by atoms with Crippen molar-refractivity contribution < 1.29 is 9.18 Å². The molecule has 1 saturated carbocycles. The summed E-state index contributed by atoms with van der Waals surface area (Å²) in [7, 11) is 0. The predicted molar refractivity (Wildman–Crippen MR) is 32.9 cm³/mol. The zero-order chi connectivity index (χ0) is 6.85. The van der Waals surface area contributed by atoms with Crippen molar-refractivity contribution in [3.8, 4) is 0 Å². The van der Waals surface area contributed by atoms with Gasteiger partial charge in [-0.05, 0) is 12.8 Å². The van der Waals surface area contributed by atoms with Crippen molar-refractivity contribution in [1.82, 2.24) is 0 Å². The minimum Gasteiger partial charge on any atom is -0.299 e. The summed E-state index contributed by atoms with van der Waals surface area (Å²) in [5.74, 6) is -0.149. The molecular formula is C7H11FO. The third-order valence-electron chi connectivity index (χ3n) is 1.95. The summed E-state index contributed by atoms with van der Waals surface area (Å²) in [5.41, 5.74) is 0. The van der Waals surface area contributed by atoms with Gasteiger partial charge in [-0.3, -0.25) is 4.79 Å². The second-order valence-electron chi connectivity index (χ2n) is 2.52. The minimum absolute atomic E-state index is 0.0914. The number of carbonyl (C=O) groups excluding carboxylic acids is 1. The summed E-state index contributed by atoms with van der Waals surface area (Å²) in [6.07, 6.45) is 1.03. The van der Waals surface area contributed by atoms with Crippen molar-refractivity contribution >= 4 is 5.78 Å². The Hall–Kier alpha value is -0.400. The zero-order valence-corrected chi connectivity index (χ0v) is 5.56. The Labute approximate surface area is 54.3 Å². The molecule has 1 aliphatic carbocycles. The van der Waals surface area contributed by atoms with Crippen molar-refractivity contribution in [3.05, 3.63) is 0 Å². The Morgan fingerprint density at radius 3 is 2.44 bits per heavy atom. The Balaban J connectivity index is 2.35. The molecule has 1 nitrogen and oxygen atoms in total. The van der Waals surface area contributed by atoms with E-state index in [4.69, 9.17) is 0 Å². The molecule has 0 heterocycles. The van der Waals surface area contributed by atoms with E-state index in [2.05, 4.69) is 0 Å². The summed E-state index contributed by atoms with van der Waals surface area (Å²) in [4.78, 5) is 10.8. The Kier molecular flexibility index (Phi) is 1.84. The van der Waals surface area contributed by atoms with E-state index >= 15 is 0 Å². The number of halogens is 1. The van der Waals surface area contributed by atoms with Crippen LogP contribution in [0.5, 0.6) is 0 Å². The Bertz CT molecular complexity index is 122. The van der Waals surface area contributed by atoms with Gasteiger partial charge in [0, 0.05) is 12.3 Å². The van der Waals surface area contributed by atoms with Crippen LogP contribution in [0.4, 0.5) is 4.39 Å². The second-order valence-corrected chi connectivity index (χ2v) is 2.52. The average Bonchev–Trinajstić information content (AvgIpc) is 1.84. The fourth-order valence-electron chi connectivity index (χ4n) is 1.08. The van der Waals surface area contributed by atoms with Gasteiger partial charge in [0.15, 0.2) is 0 Å². The van der Waals surface area contributed by atoms with Crippen LogP contribution in [0.15, 0.2) is 0 Å². The van der Waals surface area contributed by atoms with Gasteiger partial charge < -0.3 is 0 Å². The quantitative estimate of drug-likeness (QED) is 0.556. The third kappa shape index (κ3) is 1.12. The Morgan fingerprint density at radius 2 is 2.33 bits per heavy atom. The minimum atomic E-state index is -0.822. The summed E-state index contributed by atoms with van der Waals surface area (Å²) in [6.45, 7) is 1.79. The smallest absolute Gasteiger partial charge is 0.138 e. The third-order valence-corrected chi connectivity index (χ3v) is 1.95. The van der Waals surface area contributed by atoms with Crippen LogP contribution in [0.1, 0.15) is 26.2 Å². The number of Topliss-reactive ketones (excluding diaryl/α,β-unsaturated/α-hetero) is 1. The maximum Gasteiger partial charge on any atom is 0.138 e. The van der Waals surface area contributed by atoms with Crippen LogP contribution in [0.25, 0.3) is 0 Å². The van der Waals surface area contributed by atoms with E-state index in [0.29, 0.717) is 12.8 Å². The van der Waals surface area contributed by atoms with E-state index < -0.39 is 6.17 Å². The molecular weight excluding hydrogens is 119 g/mol. The zero-order valence-electron chi connectivity index (χ0n) is 5.56. The van der Waals surface area contributed by atoms with Crippen LogP contribution in [0.3, 0.4) is 0 Å². The molecule has 2 unspecified atom stereocenters. The van der Waals surface area contributed by atoms with E-state index in [1.165, 1.54) is 0 Å². The lowest BCUT2D eigenvalue weighted by atomic mass is 9.79. The molecule has 0 radical (unpaired) electrons. The lowest BCUT2D eigenvalue weighted by Gasteiger charge is -2.28. The fourth-order valence-corrected chi connectivity index (χ4v) is 1.08. The fraction of sp³-hybridized carbons (Fsp3) is 0.857. The first-order valence-electron chi connectivity index (χ1n) is 3.42. The summed E-state index contributed by atoms with van der Waals surface area (Å²) < 4.78 is 12.4. The van der Waals surface area contributed by atoms with Gasteiger partial charge in [-0.2, -0.15) is 0 Å². The first kappa shape index (κ1) is 6.72. The van der Waals surface area contributed by atoms with E-state index in [1.54, 1.807) is 6.92 Å². The van der Waals surface area contributed by atoms with Crippen molar-refractivity contribution in [2.45, 2.75) is 32.4 Å². The number of hydrogen-bond acceptors (Lipinski definition) is 1. The molecule has 0 aliphatic heterocycles. The van der Waals surface area contributed by atoms with Crippen LogP contribution in [0.2, 0.25) is 0 Å². The maximum absolute atomic E-state index is 12.4. The highest BCUT2D eigenvalue weighted by molar-refractivity contribution is 5.82. The highest BCUT2D eigenvalue weighted by Crippen LogP contribution is 2.31. The van der Waals surface area contributed by atoms with Crippen molar-refractivity contribution in [2.75, 3.05) is 0 Å². The molecule has 1 fully saturated rings. The number of rotatable bonds is 2. The highest BCUT2D eigenvalue weighted by Gasteiger charge is 2.35. The maximum atomic E-state index is 12.4. The molecule has 0 saturated heterocycles. The standard InChI is InChI=1S/C7H11FO/c1-2-7(9)5-3-4-6(5)8/h5-6H,2-4H2,1H3. The molecule has 0 aromatic heterocycles. The molecule has 0 bridgehead atoms. The van der Waals surface area contributed by atoms with Crippen LogP contribution < -0.4 is 0 Å². The van der Waals surface area contributed by atoms with E-state index in [9.17, 15) is 9.18 Å².